The van der Waals surface area contributed by atoms with Crippen molar-refractivity contribution < 1.29 is 14.7 Å². The second-order valence-corrected chi connectivity index (χ2v) is 4.84. The number of primary amides is 1. The van der Waals surface area contributed by atoms with Gasteiger partial charge in [-0.15, -0.1) is 11.3 Å². The Morgan fingerprint density at radius 3 is 2.94 bits per heavy atom. The summed E-state index contributed by atoms with van der Waals surface area (Å²) in [5.74, 6) is -0.922. The van der Waals surface area contributed by atoms with Crippen molar-refractivity contribution in [1.82, 2.24) is 9.88 Å². The van der Waals surface area contributed by atoms with Gasteiger partial charge in [0.05, 0.1) is 24.2 Å². The van der Waals surface area contributed by atoms with E-state index in [1.165, 1.54) is 16.2 Å². The monoisotopic (exact) mass is 255 g/mol. The molecule has 2 amide bonds. The zero-order chi connectivity index (χ0) is 12.5. The Hall–Kier alpha value is -1.47. The molecule has 1 atom stereocenters. The first-order chi connectivity index (χ1) is 8.01. The molecule has 1 unspecified atom stereocenters. The van der Waals surface area contributed by atoms with E-state index in [0.29, 0.717) is 12.2 Å². The molecular formula is C10H13N3O3S. The van der Waals surface area contributed by atoms with Gasteiger partial charge in [0.15, 0.2) is 5.60 Å². The van der Waals surface area contributed by atoms with Gasteiger partial charge in [0.2, 0.25) is 5.91 Å². The van der Waals surface area contributed by atoms with Crippen molar-refractivity contribution in [1.29, 1.82) is 0 Å². The maximum absolute atomic E-state index is 11.9. The lowest BCUT2D eigenvalue weighted by Crippen LogP contribution is -2.46. The molecule has 0 bridgehead atoms. The van der Waals surface area contributed by atoms with Crippen LogP contribution in [-0.4, -0.2) is 45.5 Å². The predicted octanol–water partition coefficient (Wildman–Crippen LogP) is -0.866. The van der Waals surface area contributed by atoms with Crippen LogP contribution in [0.5, 0.6) is 0 Å². The minimum Gasteiger partial charge on any atom is -0.378 e. The van der Waals surface area contributed by atoms with E-state index in [1.807, 2.05) is 0 Å². The third kappa shape index (κ3) is 2.45. The van der Waals surface area contributed by atoms with Crippen LogP contribution in [0.25, 0.3) is 0 Å². The highest BCUT2D eigenvalue weighted by Gasteiger charge is 2.42. The number of hydrogen-bond acceptors (Lipinski definition) is 5. The smallest absolute Gasteiger partial charge is 0.251 e. The normalized spacial score (nSPS) is 23.9. The van der Waals surface area contributed by atoms with Crippen LogP contribution in [0.4, 0.5) is 0 Å². The Morgan fingerprint density at radius 1 is 1.65 bits per heavy atom. The first-order valence-corrected chi connectivity index (χ1v) is 6.13. The summed E-state index contributed by atoms with van der Waals surface area (Å²) in [6, 6.07) is 0. The first kappa shape index (κ1) is 12.0. The Labute approximate surface area is 102 Å². The minimum absolute atomic E-state index is 0.0225. The highest BCUT2D eigenvalue weighted by Crippen LogP contribution is 2.21. The molecule has 0 radical (unpaired) electrons. The number of aromatic nitrogens is 1. The average Bonchev–Trinajstić information content (AvgIpc) is 2.88. The van der Waals surface area contributed by atoms with Crippen LogP contribution in [0, 0.1) is 0 Å². The number of β-amino-alcohol motifs (C(OH)–C–C–N with tert-alkyl or cyclic N) is 1. The molecule has 1 aromatic heterocycles. The molecule has 2 rings (SSSR count). The molecule has 1 saturated heterocycles. The van der Waals surface area contributed by atoms with Gasteiger partial charge in [0.25, 0.3) is 5.91 Å². The summed E-state index contributed by atoms with van der Waals surface area (Å²) in [5, 5.41) is 11.6. The molecule has 6 nitrogen and oxygen atoms in total. The molecule has 2 heterocycles. The molecule has 3 N–H and O–H groups in total. The number of amides is 2. The van der Waals surface area contributed by atoms with Gasteiger partial charge in [-0.1, -0.05) is 0 Å². The fourth-order valence-electron chi connectivity index (χ4n) is 1.80. The second kappa shape index (κ2) is 4.42. The molecule has 17 heavy (non-hydrogen) atoms. The number of carbonyl (C=O) groups excluding carboxylic acids is 2. The summed E-state index contributed by atoms with van der Waals surface area (Å²) in [5.41, 5.74) is 5.88. The largest absolute Gasteiger partial charge is 0.378 e. The van der Waals surface area contributed by atoms with E-state index in [-0.39, 0.29) is 25.3 Å². The molecule has 1 aliphatic rings. The van der Waals surface area contributed by atoms with Crippen molar-refractivity contribution in [3.05, 3.63) is 16.6 Å². The SMILES string of the molecule is NC(=O)C1(O)CCN(C(=O)Cc2cscn2)C1. The van der Waals surface area contributed by atoms with Crippen LogP contribution in [0.1, 0.15) is 12.1 Å². The summed E-state index contributed by atoms with van der Waals surface area (Å²) in [6.45, 7) is 0.327. The maximum atomic E-state index is 11.9. The number of hydrogen-bond donors (Lipinski definition) is 2. The summed E-state index contributed by atoms with van der Waals surface area (Å²) in [4.78, 5) is 28.3. The van der Waals surface area contributed by atoms with Crippen LogP contribution in [0.2, 0.25) is 0 Å². The highest BCUT2D eigenvalue weighted by molar-refractivity contribution is 7.07. The lowest BCUT2D eigenvalue weighted by atomic mass is 10.0. The number of nitrogens with two attached hydrogens (primary N) is 1. The molecule has 7 heteroatoms. The zero-order valence-electron chi connectivity index (χ0n) is 9.13. The van der Waals surface area contributed by atoms with Crippen LogP contribution in [0.15, 0.2) is 10.9 Å². The summed E-state index contributed by atoms with van der Waals surface area (Å²) in [6.07, 6.45) is 0.392. The number of thiazole rings is 1. The average molecular weight is 255 g/mol. The van der Waals surface area contributed by atoms with Crippen molar-refractivity contribution >= 4 is 23.2 Å². The maximum Gasteiger partial charge on any atom is 0.251 e. The van der Waals surface area contributed by atoms with Gasteiger partial charge >= 0.3 is 0 Å². The Morgan fingerprint density at radius 2 is 2.41 bits per heavy atom. The first-order valence-electron chi connectivity index (χ1n) is 5.18. The summed E-state index contributed by atoms with van der Waals surface area (Å²) >= 11 is 1.42. The fraction of sp³-hybridized carbons (Fsp3) is 0.500. The lowest BCUT2D eigenvalue weighted by molar-refractivity contribution is -0.137. The van der Waals surface area contributed by atoms with E-state index in [2.05, 4.69) is 4.98 Å². The van der Waals surface area contributed by atoms with E-state index in [0.717, 1.165) is 0 Å². The Balaban J connectivity index is 1.97. The van der Waals surface area contributed by atoms with Crippen LogP contribution >= 0.6 is 11.3 Å². The van der Waals surface area contributed by atoms with Crippen molar-refractivity contribution in [2.45, 2.75) is 18.4 Å². The van der Waals surface area contributed by atoms with Gasteiger partial charge in [-0.25, -0.2) is 4.98 Å². The third-order valence-electron chi connectivity index (χ3n) is 2.87. The van der Waals surface area contributed by atoms with Crippen molar-refractivity contribution in [2.75, 3.05) is 13.1 Å². The molecule has 92 valence electrons. The zero-order valence-corrected chi connectivity index (χ0v) is 9.94. The van der Waals surface area contributed by atoms with Gasteiger partial charge in [0, 0.05) is 18.3 Å². The Bertz CT molecular complexity index is 434. The molecule has 0 aromatic carbocycles. The van der Waals surface area contributed by atoms with Crippen molar-refractivity contribution in [3.63, 3.8) is 0 Å². The summed E-state index contributed by atoms with van der Waals surface area (Å²) < 4.78 is 0. The van der Waals surface area contributed by atoms with E-state index < -0.39 is 11.5 Å². The second-order valence-electron chi connectivity index (χ2n) is 4.12. The topological polar surface area (TPSA) is 96.5 Å². The lowest BCUT2D eigenvalue weighted by Gasteiger charge is -2.19. The molecule has 0 aliphatic carbocycles. The van der Waals surface area contributed by atoms with Crippen LogP contribution in [-0.2, 0) is 16.0 Å². The van der Waals surface area contributed by atoms with E-state index in [1.54, 1.807) is 10.9 Å². The molecular weight excluding hydrogens is 242 g/mol. The number of nitrogens with zero attached hydrogens (tertiary/aromatic N) is 2. The van der Waals surface area contributed by atoms with Crippen LogP contribution in [0.3, 0.4) is 0 Å². The standard InChI is InChI=1S/C10H13N3O3S/c11-9(15)10(16)1-2-13(5-10)8(14)3-7-4-17-6-12-7/h4,6,16H,1-3,5H2,(H2,11,15). The third-order valence-corrected chi connectivity index (χ3v) is 3.51. The van der Waals surface area contributed by atoms with Crippen LogP contribution < -0.4 is 5.73 Å². The van der Waals surface area contributed by atoms with E-state index in [4.69, 9.17) is 5.73 Å². The molecule has 1 aliphatic heterocycles. The number of likely N-dealkylation sites (tertiary alicyclic amines) is 1. The van der Waals surface area contributed by atoms with Gasteiger partial charge in [-0.05, 0) is 0 Å². The van der Waals surface area contributed by atoms with E-state index >= 15 is 0 Å². The van der Waals surface area contributed by atoms with E-state index in [9.17, 15) is 14.7 Å². The minimum atomic E-state index is -1.57. The molecule has 1 fully saturated rings. The predicted molar refractivity (Wildman–Crippen MR) is 61.2 cm³/mol. The quantitative estimate of drug-likeness (QED) is 0.734. The van der Waals surface area contributed by atoms with Crippen molar-refractivity contribution in [3.8, 4) is 0 Å². The molecule has 0 saturated carbocycles. The summed E-state index contributed by atoms with van der Waals surface area (Å²) in [7, 11) is 0. The van der Waals surface area contributed by atoms with Gasteiger partial charge in [-0.2, -0.15) is 0 Å². The number of aliphatic hydroxyl groups is 1. The number of rotatable bonds is 3. The van der Waals surface area contributed by atoms with Gasteiger partial charge in [-0.3, -0.25) is 9.59 Å². The number of carbonyl (C=O) groups is 2. The molecule has 1 aromatic rings. The Kier molecular flexibility index (Phi) is 3.12. The van der Waals surface area contributed by atoms with Crippen molar-refractivity contribution in [2.24, 2.45) is 5.73 Å². The fourth-order valence-corrected chi connectivity index (χ4v) is 2.36. The highest BCUT2D eigenvalue weighted by atomic mass is 32.1. The van der Waals surface area contributed by atoms with Gasteiger partial charge in [0.1, 0.15) is 0 Å². The molecule has 0 spiro atoms. The van der Waals surface area contributed by atoms with Gasteiger partial charge < -0.3 is 15.7 Å².